The summed E-state index contributed by atoms with van der Waals surface area (Å²) in [6, 6.07) is 4.37. The maximum atomic E-state index is 13.0. The van der Waals surface area contributed by atoms with E-state index >= 15 is 0 Å². The van der Waals surface area contributed by atoms with Gasteiger partial charge in [0.15, 0.2) is 5.75 Å². The zero-order chi connectivity index (χ0) is 23.8. The van der Waals surface area contributed by atoms with E-state index in [2.05, 4.69) is 19.9 Å². The van der Waals surface area contributed by atoms with Crippen molar-refractivity contribution in [2.75, 3.05) is 13.2 Å². The largest absolute Gasteiger partial charge is 0.485 e. The van der Waals surface area contributed by atoms with Crippen molar-refractivity contribution in [3.05, 3.63) is 73.6 Å². The van der Waals surface area contributed by atoms with Crippen molar-refractivity contribution < 1.29 is 14.4 Å². The first-order valence-corrected chi connectivity index (χ1v) is 10.6. The maximum absolute atomic E-state index is 13.0. The van der Waals surface area contributed by atoms with Gasteiger partial charge in [0, 0.05) is 24.6 Å². The molecule has 0 amide bonds. The van der Waals surface area contributed by atoms with Crippen LogP contribution in [-0.2, 0) is 7.05 Å². The van der Waals surface area contributed by atoms with E-state index in [9.17, 15) is 14.9 Å². The number of rotatable bonds is 10. The van der Waals surface area contributed by atoms with E-state index in [-0.39, 0.29) is 24.7 Å². The van der Waals surface area contributed by atoms with Crippen LogP contribution in [0.15, 0.2) is 57.9 Å². The molecule has 2 rings (SSSR count). The van der Waals surface area contributed by atoms with Gasteiger partial charge in [0.2, 0.25) is 5.75 Å². The minimum atomic E-state index is -0.485. The van der Waals surface area contributed by atoms with Crippen LogP contribution in [0, 0.1) is 10.1 Å². The second-order valence-electron chi connectivity index (χ2n) is 8.26. The molecule has 0 radical (unpaired) electrons. The standard InChI is InChI=1S/C25H32N2O5/c1-17(2)8-7-9-19(5)13-15-32-24-23(31-14-12-18(3)4)21-11-10-20(27(29)30)16-22(21)26(6)25(24)28/h8,10-13,16H,7,9,14-15H2,1-6H3. The van der Waals surface area contributed by atoms with Gasteiger partial charge in [-0.1, -0.05) is 22.8 Å². The molecule has 1 aromatic carbocycles. The first kappa shape index (κ1) is 24.9. The van der Waals surface area contributed by atoms with Gasteiger partial charge in [-0.2, -0.15) is 0 Å². The quantitative estimate of drug-likeness (QED) is 0.262. The number of nitrogens with zero attached hydrogens (tertiary/aromatic N) is 2. The smallest absolute Gasteiger partial charge is 0.297 e. The zero-order valence-corrected chi connectivity index (χ0v) is 19.7. The molecule has 0 saturated carbocycles. The lowest BCUT2D eigenvalue weighted by Crippen LogP contribution is -2.21. The van der Waals surface area contributed by atoms with Gasteiger partial charge in [-0.15, -0.1) is 0 Å². The summed E-state index contributed by atoms with van der Waals surface area (Å²) >= 11 is 0. The predicted molar refractivity (Wildman–Crippen MR) is 129 cm³/mol. The van der Waals surface area contributed by atoms with E-state index < -0.39 is 10.5 Å². The van der Waals surface area contributed by atoms with Crippen molar-refractivity contribution in [3.63, 3.8) is 0 Å². The number of nitro groups is 1. The Kier molecular flexibility index (Phi) is 8.81. The van der Waals surface area contributed by atoms with Crippen molar-refractivity contribution >= 4 is 16.6 Å². The summed E-state index contributed by atoms with van der Waals surface area (Å²) in [5.74, 6) is 0.399. The van der Waals surface area contributed by atoms with E-state index in [4.69, 9.17) is 9.47 Å². The third-order valence-corrected chi connectivity index (χ3v) is 4.97. The van der Waals surface area contributed by atoms with Crippen LogP contribution in [-0.4, -0.2) is 22.7 Å². The van der Waals surface area contributed by atoms with Crippen LogP contribution in [0.25, 0.3) is 10.9 Å². The lowest BCUT2D eigenvalue weighted by atomic mass is 10.1. The van der Waals surface area contributed by atoms with Crippen molar-refractivity contribution in [1.29, 1.82) is 0 Å². The van der Waals surface area contributed by atoms with Crippen LogP contribution in [0.1, 0.15) is 47.5 Å². The number of nitro benzene ring substituents is 1. The van der Waals surface area contributed by atoms with Crippen molar-refractivity contribution in [2.24, 2.45) is 7.05 Å². The molecule has 7 nitrogen and oxygen atoms in total. The summed E-state index contributed by atoms with van der Waals surface area (Å²) < 4.78 is 13.2. The fraction of sp³-hybridized carbons (Fsp3) is 0.400. The second-order valence-corrected chi connectivity index (χ2v) is 8.26. The highest BCUT2D eigenvalue weighted by molar-refractivity contribution is 5.89. The van der Waals surface area contributed by atoms with Gasteiger partial charge in [-0.3, -0.25) is 14.9 Å². The summed E-state index contributed by atoms with van der Waals surface area (Å²) in [7, 11) is 1.57. The molecule has 0 aliphatic carbocycles. The third-order valence-electron chi connectivity index (χ3n) is 4.97. The van der Waals surface area contributed by atoms with Crippen molar-refractivity contribution in [1.82, 2.24) is 4.57 Å². The van der Waals surface area contributed by atoms with Crippen LogP contribution >= 0.6 is 0 Å². The maximum Gasteiger partial charge on any atom is 0.297 e. The van der Waals surface area contributed by atoms with Crippen LogP contribution in [0.5, 0.6) is 11.5 Å². The molecular weight excluding hydrogens is 408 g/mol. The Labute approximate surface area is 188 Å². The third kappa shape index (κ3) is 6.57. The molecule has 0 N–H and O–H groups in total. The van der Waals surface area contributed by atoms with E-state index in [0.29, 0.717) is 16.7 Å². The predicted octanol–water partition coefficient (Wildman–Crippen LogP) is 5.86. The van der Waals surface area contributed by atoms with E-state index in [1.807, 2.05) is 32.9 Å². The molecule has 172 valence electrons. The van der Waals surface area contributed by atoms with E-state index in [0.717, 1.165) is 18.4 Å². The number of fused-ring (bicyclic) bond motifs is 1. The van der Waals surface area contributed by atoms with Gasteiger partial charge < -0.3 is 14.0 Å². The zero-order valence-electron chi connectivity index (χ0n) is 19.7. The Balaban J connectivity index is 2.43. The average Bonchev–Trinajstić information content (AvgIpc) is 2.72. The lowest BCUT2D eigenvalue weighted by molar-refractivity contribution is -0.384. The number of benzene rings is 1. The number of ether oxygens (including phenoxy) is 2. The van der Waals surface area contributed by atoms with Crippen LogP contribution in [0.2, 0.25) is 0 Å². The average molecular weight is 441 g/mol. The first-order chi connectivity index (χ1) is 15.1. The van der Waals surface area contributed by atoms with Crippen molar-refractivity contribution in [2.45, 2.75) is 47.5 Å². The lowest BCUT2D eigenvalue weighted by Gasteiger charge is -2.16. The van der Waals surface area contributed by atoms with Crippen LogP contribution in [0.4, 0.5) is 5.69 Å². The molecule has 0 fully saturated rings. The molecule has 1 heterocycles. The molecule has 0 unspecified atom stereocenters. The molecule has 0 spiro atoms. The first-order valence-electron chi connectivity index (χ1n) is 10.6. The topological polar surface area (TPSA) is 83.6 Å². The van der Waals surface area contributed by atoms with Gasteiger partial charge in [0.05, 0.1) is 10.4 Å². The molecular formula is C25H32N2O5. The Morgan fingerprint density at radius 2 is 1.62 bits per heavy atom. The van der Waals surface area contributed by atoms with Gasteiger partial charge in [-0.25, -0.2) is 0 Å². The summed E-state index contributed by atoms with van der Waals surface area (Å²) in [4.78, 5) is 23.8. The summed E-state index contributed by atoms with van der Waals surface area (Å²) in [6.45, 7) is 10.6. The molecule has 32 heavy (non-hydrogen) atoms. The van der Waals surface area contributed by atoms with Crippen LogP contribution < -0.4 is 15.0 Å². The normalized spacial score (nSPS) is 11.2. The number of hydrogen-bond donors (Lipinski definition) is 0. The van der Waals surface area contributed by atoms with Gasteiger partial charge in [0.25, 0.3) is 11.2 Å². The molecule has 0 atom stereocenters. The SMILES string of the molecule is CC(C)=CCCC(C)=CCOc1c(OCC=C(C)C)c2ccc([N+](=O)[O-])cc2n(C)c1=O. The summed E-state index contributed by atoms with van der Waals surface area (Å²) in [6.07, 6.45) is 7.91. The number of allylic oxidation sites excluding steroid dienone is 4. The number of aromatic nitrogens is 1. The van der Waals surface area contributed by atoms with Gasteiger partial charge in [0.1, 0.15) is 13.2 Å². The van der Waals surface area contributed by atoms with Crippen molar-refractivity contribution in [3.8, 4) is 11.5 Å². The highest BCUT2D eigenvalue weighted by Crippen LogP contribution is 2.34. The Bertz CT molecular complexity index is 1130. The molecule has 2 aromatic rings. The minimum absolute atomic E-state index is 0.0914. The Hall–Kier alpha value is -3.35. The number of pyridine rings is 1. The molecule has 0 saturated heterocycles. The highest BCUT2D eigenvalue weighted by atomic mass is 16.6. The fourth-order valence-corrected chi connectivity index (χ4v) is 3.10. The Morgan fingerprint density at radius 1 is 1.00 bits per heavy atom. The van der Waals surface area contributed by atoms with Crippen LogP contribution in [0.3, 0.4) is 0 Å². The highest BCUT2D eigenvalue weighted by Gasteiger charge is 2.20. The molecule has 7 heteroatoms. The number of aryl methyl sites for hydroxylation is 1. The van der Waals surface area contributed by atoms with E-state index in [1.54, 1.807) is 13.1 Å². The second kappa shape index (κ2) is 11.3. The summed E-state index contributed by atoms with van der Waals surface area (Å²) in [5.41, 5.74) is 3.45. The van der Waals surface area contributed by atoms with Gasteiger partial charge in [-0.05, 0) is 65.7 Å². The number of hydrogen-bond acceptors (Lipinski definition) is 5. The fourth-order valence-electron chi connectivity index (χ4n) is 3.10. The minimum Gasteiger partial charge on any atom is -0.485 e. The molecule has 0 aliphatic rings. The monoisotopic (exact) mass is 440 g/mol. The van der Waals surface area contributed by atoms with Gasteiger partial charge >= 0.3 is 0 Å². The number of non-ortho nitro benzene ring substituents is 1. The molecule has 0 aliphatic heterocycles. The summed E-state index contributed by atoms with van der Waals surface area (Å²) in [5, 5.41) is 11.8. The Morgan fingerprint density at radius 3 is 2.25 bits per heavy atom. The molecule has 0 bridgehead atoms. The molecule has 1 aromatic heterocycles. The van der Waals surface area contributed by atoms with E-state index in [1.165, 1.54) is 27.8 Å².